The predicted molar refractivity (Wildman–Crippen MR) is 99.0 cm³/mol. The molecular formula is C19H11BrN2O3. The summed E-state index contributed by atoms with van der Waals surface area (Å²) in [7, 11) is 0. The average molecular weight is 395 g/mol. The van der Waals surface area contributed by atoms with Gasteiger partial charge < -0.3 is 4.74 Å². The van der Waals surface area contributed by atoms with Crippen LogP contribution in [0.4, 0.5) is 0 Å². The molecule has 0 amide bonds. The molecule has 0 saturated carbocycles. The monoisotopic (exact) mass is 394 g/mol. The summed E-state index contributed by atoms with van der Waals surface area (Å²) < 4.78 is 6.20. The Bertz CT molecular complexity index is 1180. The molecule has 0 aliphatic carbocycles. The molecule has 5 nitrogen and oxygen atoms in total. The molecule has 1 heterocycles. The van der Waals surface area contributed by atoms with Gasteiger partial charge >= 0.3 is 5.97 Å². The summed E-state index contributed by atoms with van der Waals surface area (Å²) >= 11 is 3.49. The lowest BCUT2D eigenvalue weighted by atomic mass is 10.1. The van der Waals surface area contributed by atoms with Crippen molar-refractivity contribution < 1.29 is 9.53 Å². The van der Waals surface area contributed by atoms with Crippen LogP contribution in [0.5, 0.6) is 5.75 Å². The minimum atomic E-state index is -0.636. The first-order valence-corrected chi connectivity index (χ1v) is 8.31. The van der Waals surface area contributed by atoms with Gasteiger partial charge in [0.1, 0.15) is 5.75 Å². The first-order chi connectivity index (χ1) is 12.1. The molecule has 6 heteroatoms. The highest BCUT2D eigenvalue weighted by molar-refractivity contribution is 9.10. The van der Waals surface area contributed by atoms with Crippen LogP contribution in [-0.2, 0) is 0 Å². The number of ether oxygens (including phenoxy) is 1. The zero-order chi connectivity index (χ0) is 17.4. The van der Waals surface area contributed by atoms with Crippen LogP contribution in [0.15, 0.2) is 69.9 Å². The molecule has 0 radical (unpaired) electrons. The van der Waals surface area contributed by atoms with Gasteiger partial charge in [0.2, 0.25) is 0 Å². The number of aromatic nitrogens is 2. The standard InChI is InChI=1S/C19H11BrN2O3/c20-16-12-6-2-1-5-11(12)9-10-15(16)25-19(24)17-13-7-3-4-8-14(13)18(23)22-21-17/h1-10H,(H,22,23). The Morgan fingerprint density at radius 1 is 0.920 bits per heavy atom. The topological polar surface area (TPSA) is 72.0 Å². The summed E-state index contributed by atoms with van der Waals surface area (Å²) in [6.07, 6.45) is 0. The maximum atomic E-state index is 12.6. The van der Waals surface area contributed by atoms with Gasteiger partial charge in [0.05, 0.1) is 9.86 Å². The van der Waals surface area contributed by atoms with Crippen LogP contribution in [0.25, 0.3) is 21.5 Å². The van der Waals surface area contributed by atoms with E-state index in [9.17, 15) is 9.59 Å². The van der Waals surface area contributed by atoms with Gasteiger partial charge in [-0.2, -0.15) is 5.10 Å². The van der Waals surface area contributed by atoms with Crippen LogP contribution in [-0.4, -0.2) is 16.2 Å². The minimum absolute atomic E-state index is 0.0651. The largest absolute Gasteiger partial charge is 0.421 e. The van der Waals surface area contributed by atoms with Gasteiger partial charge in [-0.25, -0.2) is 9.89 Å². The zero-order valence-electron chi connectivity index (χ0n) is 12.8. The predicted octanol–water partition coefficient (Wildman–Crippen LogP) is 4.06. The van der Waals surface area contributed by atoms with Crippen molar-refractivity contribution in [2.75, 3.05) is 0 Å². The van der Waals surface area contributed by atoms with Crippen molar-refractivity contribution in [1.29, 1.82) is 0 Å². The Labute approximate surface area is 150 Å². The van der Waals surface area contributed by atoms with E-state index < -0.39 is 5.97 Å². The number of H-pyrrole nitrogens is 1. The fourth-order valence-corrected chi connectivity index (χ4v) is 3.29. The number of nitrogens with zero attached hydrogens (tertiary/aromatic N) is 1. The Morgan fingerprint density at radius 3 is 2.40 bits per heavy atom. The van der Waals surface area contributed by atoms with Crippen molar-refractivity contribution in [3.05, 3.63) is 81.2 Å². The maximum absolute atomic E-state index is 12.6. The molecule has 0 bridgehead atoms. The highest BCUT2D eigenvalue weighted by Crippen LogP contribution is 2.33. The minimum Gasteiger partial charge on any atom is -0.421 e. The number of carbonyl (C=O) groups excluding carboxylic acids is 1. The third-order valence-corrected chi connectivity index (χ3v) is 4.74. The molecule has 0 fully saturated rings. The molecule has 0 aliphatic heterocycles. The SMILES string of the molecule is O=C(Oc1ccc2ccccc2c1Br)c1n[nH]c(=O)c2ccccc12. The molecule has 1 aromatic heterocycles. The van der Waals surface area contributed by atoms with Gasteiger partial charge in [-0.05, 0) is 38.8 Å². The highest BCUT2D eigenvalue weighted by Gasteiger charge is 2.18. The summed E-state index contributed by atoms with van der Waals surface area (Å²) in [4.78, 5) is 24.4. The number of hydrogen-bond acceptors (Lipinski definition) is 4. The van der Waals surface area contributed by atoms with Crippen LogP contribution in [0.1, 0.15) is 10.5 Å². The number of rotatable bonds is 2. The lowest BCUT2D eigenvalue weighted by Gasteiger charge is -2.09. The summed E-state index contributed by atoms with van der Waals surface area (Å²) in [5.74, 6) is -0.246. The summed E-state index contributed by atoms with van der Waals surface area (Å²) in [6, 6.07) is 18.1. The first kappa shape index (κ1) is 15.5. The van der Waals surface area contributed by atoms with Crippen LogP contribution in [0.3, 0.4) is 0 Å². The fourth-order valence-electron chi connectivity index (χ4n) is 2.71. The second kappa shape index (κ2) is 6.14. The van der Waals surface area contributed by atoms with E-state index >= 15 is 0 Å². The van der Waals surface area contributed by atoms with E-state index in [1.54, 1.807) is 30.3 Å². The van der Waals surface area contributed by atoms with E-state index in [1.165, 1.54) is 0 Å². The number of fused-ring (bicyclic) bond motifs is 2. The molecular weight excluding hydrogens is 384 g/mol. The third kappa shape index (κ3) is 2.70. The van der Waals surface area contributed by atoms with Crippen molar-refractivity contribution in [3.63, 3.8) is 0 Å². The number of carbonyl (C=O) groups is 1. The summed E-state index contributed by atoms with van der Waals surface area (Å²) in [5.41, 5.74) is -0.283. The average Bonchev–Trinajstić information content (AvgIpc) is 2.65. The van der Waals surface area contributed by atoms with E-state index in [0.29, 0.717) is 21.0 Å². The number of aromatic amines is 1. The zero-order valence-corrected chi connectivity index (χ0v) is 14.4. The van der Waals surface area contributed by atoms with Crippen molar-refractivity contribution in [2.45, 2.75) is 0 Å². The van der Waals surface area contributed by atoms with E-state index in [4.69, 9.17) is 4.74 Å². The molecule has 0 aliphatic rings. The fraction of sp³-hybridized carbons (Fsp3) is 0. The number of hydrogen-bond donors (Lipinski definition) is 1. The van der Waals surface area contributed by atoms with E-state index in [0.717, 1.165) is 10.8 Å². The molecule has 25 heavy (non-hydrogen) atoms. The molecule has 4 rings (SSSR count). The highest BCUT2D eigenvalue weighted by atomic mass is 79.9. The van der Waals surface area contributed by atoms with Gasteiger partial charge in [0.15, 0.2) is 5.69 Å². The molecule has 0 spiro atoms. The van der Waals surface area contributed by atoms with Gasteiger partial charge in [0.25, 0.3) is 5.56 Å². The smallest absolute Gasteiger partial charge is 0.364 e. The molecule has 4 aromatic rings. The first-order valence-electron chi connectivity index (χ1n) is 7.52. The van der Waals surface area contributed by atoms with Gasteiger partial charge in [-0.1, -0.05) is 48.5 Å². The number of esters is 1. The number of benzene rings is 3. The van der Waals surface area contributed by atoms with Crippen molar-refractivity contribution in [1.82, 2.24) is 10.2 Å². The Morgan fingerprint density at radius 2 is 1.60 bits per heavy atom. The normalized spacial score (nSPS) is 10.9. The quantitative estimate of drug-likeness (QED) is 0.411. The molecule has 0 saturated heterocycles. The van der Waals surface area contributed by atoms with E-state index in [1.807, 2.05) is 30.3 Å². The lowest BCUT2D eigenvalue weighted by molar-refractivity contribution is 0.0728. The summed E-state index contributed by atoms with van der Waals surface area (Å²) in [6.45, 7) is 0. The van der Waals surface area contributed by atoms with Crippen LogP contribution < -0.4 is 10.3 Å². The molecule has 3 aromatic carbocycles. The number of nitrogens with one attached hydrogen (secondary N) is 1. The van der Waals surface area contributed by atoms with E-state index in [2.05, 4.69) is 26.1 Å². The van der Waals surface area contributed by atoms with Crippen molar-refractivity contribution >= 4 is 43.4 Å². The van der Waals surface area contributed by atoms with Crippen LogP contribution >= 0.6 is 15.9 Å². The van der Waals surface area contributed by atoms with Crippen molar-refractivity contribution in [2.24, 2.45) is 0 Å². The van der Waals surface area contributed by atoms with Crippen LogP contribution in [0, 0.1) is 0 Å². The second-order valence-corrected chi connectivity index (χ2v) is 6.23. The Hall–Kier alpha value is -2.99. The van der Waals surface area contributed by atoms with Gasteiger partial charge in [0, 0.05) is 5.39 Å². The van der Waals surface area contributed by atoms with Crippen LogP contribution in [0.2, 0.25) is 0 Å². The van der Waals surface area contributed by atoms with Crippen molar-refractivity contribution in [3.8, 4) is 5.75 Å². The Kier molecular flexibility index (Phi) is 3.82. The summed E-state index contributed by atoms with van der Waals surface area (Å²) in [5, 5.41) is 9.01. The number of halogens is 1. The Balaban J connectivity index is 1.78. The second-order valence-electron chi connectivity index (χ2n) is 5.44. The molecule has 122 valence electrons. The molecule has 1 N–H and O–H groups in total. The third-order valence-electron chi connectivity index (χ3n) is 3.92. The molecule has 0 atom stereocenters. The van der Waals surface area contributed by atoms with E-state index in [-0.39, 0.29) is 11.3 Å². The van der Waals surface area contributed by atoms with Gasteiger partial charge in [-0.15, -0.1) is 0 Å². The van der Waals surface area contributed by atoms with Gasteiger partial charge in [-0.3, -0.25) is 4.79 Å². The maximum Gasteiger partial charge on any atom is 0.364 e. The molecule has 0 unspecified atom stereocenters. The lowest BCUT2D eigenvalue weighted by Crippen LogP contribution is -2.17.